The third kappa shape index (κ3) is 8.05. The molecule has 0 amide bonds. The minimum atomic E-state index is -0.0362. The van der Waals surface area contributed by atoms with Crippen LogP contribution in [0, 0.1) is 0 Å². The van der Waals surface area contributed by atoms with Gasteiger partial charge in [-0.25, -0.2) is 0 Å². The number of aliphatic hydroxyl groups is 1. The molecule has 120 valence electrons. The number of unbranched alkanes of at least 4 members (excludes halogenated alkanes) is 9. The van der Waals surface area contributed by atoms with E-state index in [4.69, 9.17) is 5.11 Å². The number of rotatable bonds is 13. The summed E-state index contributed by atoms with van der Waals surface area (Å²) in [6, 6.07) is 3.54. The normalized spacial score (nSPS) is 11.0. The summed E-state index contributed by atoms with van der Waals surface area (Å²) in [5, 5.41) is 8.95. The first-order valence-electron chi connectivity index (χ1n) is 8.60. The van der Waals surface area contributed by atoms with Crippen molar-refractivity contribution in [3.8, 4) is 0 Å². The number of ketones is 1. The highest BCUT2D eigenvalue weighted by atomic mass is 16.3. The molecule has 0 aromatic carbocycles. The van der Waals surface area contributed by atoms with Crippen LogP contribution in [-0.2, 0) is 6.61 Å². The maximum Gasteiger partial charge on any atom is 0.179 e. The average molecular weight is 293 g/mol. The quantitative estimate of drug-likeness (QED) is 0.397. The van der Waals surface area contributed by atoms with E-state index in [0.717, 1.165) is 12.8 Å². The molecule has 0 radical (unpaired) electrons. The molecule has 1 rings (SSSR count). The Kier molecular flexibility index (Phi) is 9.88. The van der Waals surface area contributed by atoms with Gasteiger partial charge in [0.05, 0.1) is 12.3 Å². The van der Waals surface area contributed by atoms with Crippen LogP contribution in [0.5, 0.6) is 0 Å². The van der Waals surface area contributed by atoms with Crippen molar-refractivity contribution < 1.29 is 9.90 Å². The van der Waals surface area contributed by atoms with Crippen LogP contribution in [0.15, 0.2) is 12.1 Å². The Labute approximate surface area is 129 Å². The Morgan fingerprint density at radius 2 is 1.52 bits per heavy atom. The number of hydrogen-bond acceptors (Lipinski definition) is 2. The summed E-state index contributed by atoms with van der Waals surface area (Å²) in [7, 11) is 0. The van der Waals surface area contributed by atoms with Gasteiger partial charge < -0.3 is 10.1 Å². The van der Waals surface area contributed by atoms with Crippen LogP contribution in [-0.4, -0.2) is 15.9 Å². The molecule has 0 unspecified atom stereocenters. The van der Waals surface area contributed by atoms with Gasteiger partial charge in [0.2, 0.25) is 0 Å². The highest BCUT2D eigenvalue weighted by Crippen LogP contribution is 2.13. The van der Waals surface area contributed by atoms with Crippen molar-refractivity contribution in [1.29, 1.82) is 0 Å². The molecule has 0 aliphatic carbocycles. The predicted molar refractivity (Wildman–Crippen MR) is 87.5 cm³/mol. The molecule has 0 atom stereocenters. The average Bonchev–Trinajstić information content (AvgIpc) is 2.98. The second-order valence-electron chi connectivity index (χ2n) is 5.91. The topological polar surface area (TPSA) is 53.1 Å². The fourth-order valence-electron chi connectivity index (χ4n) is 2.60. The number of hydrogen-bond donors (Lipinski definition) is 2. The smallest absolute Gasteiger partial charge is 0.179 e. The number of carbonyl (C=O) groups is 1. The van der Waals surface area contributed by atoms with Crippen LogP contribution in [0.2, 0.25) is 0 Å². The summed E-state index contributed by atoms with van der Waals surface area (Å²) < 4.78 is 0. The van der Waals surface area contributed by atoms with Crippen LogP contribution >= 0.6 is 0 Å². The number of aliphatic hydroxyl groups excluding tert-OH is 1. The van der Waals surface area contributed by atoms with Crippen molar-refractivity contribution in [3.05, 3.63) is 23.5 Å². The second-order valence-corrected chi connectivity index (χ2v) is 5.91. The Morgan fingerprint density at radius 1 is 0.952 bits per heavy atom. The van der Waals surface area contributed by atoms with Gasteiger partial charge in [-0.15, -0.1) is 0 Å². The number of H-pyrrole nitrogens is 1. The summed E-state index contributed by atoms with van der Waals surface area (Å²) in [5.41, 5.74) is 1.34. The maximum atomic E-state index is 11.9. The minimum absolute atomic E-state index is 0.0362. The first kappa shape index (κ1) is 18.0. The Balaban J connectivity index is 1.95. The van der Waals surface area contributed by atoms with E-state index in [9.17, 15) is 4.79 Å². The van der Waals surface area contributed by atoms with Crippen LogP contribution in [0.25, 0.3) is 0 Å². The van der Waals surface area contributed by atoms with Crippen LogP contribution in [0.1, 0.15) is 93.7 Å². The van der Waals surface area contributed by atoms with Crippen molar-refractivity contribution in [2.75, 3.05) is 0 Å². The first-order valence-corrected chi connectivity index (χ1v) is 8.60. The number of nitrogens with one attached hydrogen (secondary N) is 1. The standard InChI is InChI=1S/C18H31NO2/c1-2-3-4-5-6-7-8-9-10-11-12-18(21)17-14-13-16(15-20)19-17/h13-14,19-20H,2-12,15H2,1H3. The molecule has 1 heterocycles. The number of aromatic amines is 1. The molecule has 0 aliphatic rings. The fraction of sp³-hybridized carbons (Fsp3) is 0.722. The van der Waals surface area contributed by atoms with E-state index in [1.807, 2.05) is 0 Å². The molecule has 0 fully saturated rings. The van der Waals surface area contributed by atoms with Gasteiger partial charge in [-0.1, -0.05) is 64.7 Å². The first-order chi connectivity index (χ1) is 10.3. The van der Waals surface area contributed by atoms with Gasteiger partial charge in [-0.3, -0.25) is 4.79 Å². The monoisotopic (exact) mass is 293 g/mol. The van der Waals surface area contributed by atoms with Gasteiger partial charge in [0.1, 0.15) is 0 Å². The van der Waals surface area contributed by atoms with Gasteiger partial charge >= 0.3 is 0 Å². The van der Waals surface area contributed by atoms with Crippen LogP contribution in [0.3, 0.4) is 0 Å². The zero-order chi connectivity index (χ0) is 15.3. The number of Topliss-reactive ketones (excluding diaryl/α,β-unsaturated/α-hetero) is 1. The summed E-state index contributed by atoms with van der Waals surface area (Å²) in [4.78, 5) is 14.8. The van der Waals surface area contributed by atoms with Gasteiger partial charge in [0.15, 0.2) is 5.78 Å². The molecule has 3 nitrogen and oxygen atoms in total. The summed E-state index contributed by atoms with van der Waals surface area (Å²) in [6.07, 6.45) is 13.4. The number of aromatic nitrogens is 1. The zero-order valence-corrected chi connectivity index (χ0v) is 13.5. The van der Waals surface area contributed by atoms with Crippen molar-refractivity contribution in [1.82, 2.24) is 4.98 Å². The van der Waals surface area contributed by atoms with Crippen molar-refractivity contribution >= 4 is 5.78 Å². The summed E-state index contributed by atoms with van der Waals surface area (Å²) >= 11 is 0. The van der Waals surface area contributed by atoms with Gasteiger partial charge in [0.25, 0.3) is 0 Å². The van der Waals surface area contributed by atoms with E-state index in [1.54, 1.807) is 12.1 Å². The summed E-state index contributed by atoms with van der Waals surface area (Å²) in [6.45, 7) is 2.21. The van der Waals surface area contributed by atoms with Crippen LogP contribution < -0.4 is 0 Å². The molecule has 0 spiro atoms. The van der Waals surface area contributed by atoms with Gasteiger partial charge in [-0.2, -0.15) is 0 Å². The second kappa shape index (κ2) is 11.6. The van der Waals surface area contributed by atoms with Crippen LogP contribution in [0.4, 0.5) is 0 Å². The molecule has 21 heavy (non-hydrogen) atoms. The predicted octanol–water partition coefficient (Wildman–Crippen LogP) is 5.00. The lowest BCUT2D eigenvalue weighted by molar-refractivity contribution is 0.0974. The molecular weight excluding hydrogens is 262 g/mol. The Morgan fingerprint density at radius 3 is 2.05 bits per heavy atom. The van der Waals surface area contributed by atoms with Crippen molar-refractivity contribution in [2.45, 2.75) is 84.2 Å². The van der Waals surface area contributed by atoms with E-state index >= 15 is 0 Å². The molecule has 1 aromatic heterocycles. The minimum Gasteiger partial charge on any atom is -0.390 e. The third-order valence-electron chi connectivity index (χ3n) is 3.97. The molecule has 3 heteroatoms. The highest BCUT2D eigenvalue weighted by molar-refractivity contribution is 5.94. The largest absolute Gasteiger partial charge is 0.390 e. The van der Waals surface area contributed by atoms with Crippen molar-refractivity contribution in [3.63, 3.8) is 0 Å². The third-order valence-corrected chi connectivity index (χ3v) is 3.97. The molecule has 2 N–H and O–H groups in total. The van der Waals surface area contributed by atoms with E-state index in [0.29, 0.717) is 17.8 Å². The lowest BCUT2D eigenvalue weighted by atomic mass is 10.0. The maximum absolute atomic E-state index is 11.9. The van der Waals surface area contributed by atoms with E-state index in [2.05, 4.69) is 11.9 Å². The molecule has 0 saturated heterocycles. The highest BCUT2D eigenvalue weighted by Gasteiger charge is 2.07. The SMILES string of the molecule is CCCCCCCCCCCCC(=O)c1ccc(CO)[nH]1. The van der Waals surface area contributed by atoms with Gasteiger partial charge in [0, 0.05) is 12.1 Å². The fourth-order valence-corrected chi connectivity index (χ4v) is 2.60. The molecule has 0 bridgehead atoms. The van der Waals surface area contributed by atoms with E-state index < -0.39 is 0 Å². The molecule has 0 saturated carbocycles. The summed E-state index contributed by atoms with van der Waals surface area (Å²) in [5.74, 6) is 0.161. The lowest BCUT2D eigenvalue weighted by Crippen LogP contribution is -1.99. The molecular formula is C18H31NO2. The Bertz CT molecular complexity index is 384. The van der Waals surface area contributed by atoms with E-state index in [-0.39, 0.29) is 12.4 Å². The molecule has 0 aliphatic heterocycles. The lowest BCUT2D eigenvalue weighted by Gasteiger charge is -2.02. The van der Waals surface area contributed by atoms with Gasteiger partial charge in [-0.05, 0) is 18.6 Å². The number of carbonyl (C=O) groups excluding carboxylic acids is 1. The van der Waals surface area contributed by atoms with E-state index in [1.165, 1.54) is 51.4 Å². The zero-order valence-electron chi connectivity index (χ0n) is 13.5. The molecule has 1 aromatic rings. The Hall–Kier alpha value is -1.09. The van der Waals surface area contributed by atoms with Crippen molar-refractivity contribution in [2.24, 2.45) is 0 Å².